The maximum atomic E-state index is 13.8. The van der Waals surface area contributed by atoms with Crippen molar-refractivity contribution < 1.29 is 19.0 Å². The van der Waals surface area contributed by atoms with Crippen molar-refractivity contribution in [2.45, 2.75) is 39.7 Å². The summed E-state index contributed by atoms with van der Waals surface area (Å²) in [5.74, 6) is -0.213. The summed E-state index contributed by atoms with van der Waals surface area (Å²) in [5.41, 5.74) is 1.77. The van der Waals surface area contributed by atoms with Gasteiger partial charge in [-0.25, -0.2) is 19.2 Å². The third-order valence-corrected chi connectivity index (χ3v) is 8.06. The number of nitrogens with zero attached hydrogens (tertiary/aromatic N) is 5. The number of benzene rings is 2. The maximum absolute atomic E-state index is 13.8. The number of anilines is 4. The number of ether oxygens (including phenoxy) is 1. The lowest BCUT2D eigenvalue weighted by Crippen LogP contribution is -2.27. The average molecular weight is 579 g/mol. The van der Waals surface area contributed by atoms with Crippen LogP contribution in [0.3, 0.4) is 0 Å². The van der Waals surface area contributed by atoms with Crippen molar-refractivity contribution in [1.82, 2.24) is 20.2 Å². The summed E-state index contributed by atoms with van der Waals surface area (Å²) < 4.78 is 20.4. The molecule has 0 spiro atoms. The third kappa shape index (κ3) is 6.02. The van der Waals surface area contributed by atoms with Gasteiger partial charge in [0.25, 0.3) is 0 Å². The molecule has 40 heavy (non-hydrogen) atoms. The lowest BCUT2D eigenvalue weighted by molar-refractivity contribution is 0.0690. The Morgan fingerprint density at radius 2 is 1.88 bits per heavy atom. The topological polar surface area (TPSA) is 113 Å². The van der Waals surface area contributed by atoms with Gasteiger partial charge in [-0.2, -0.15) is 0 Å². The SMILES string of the molecule is Cc1cc(N(c2nc(C(=O)O)c(CCCOc3ccccc3F)s2)C(C)C)nnc1Nc1nc2ccccc2s1. The van der Waals surface area contributed by atoms with Crippen LogP contribution in [0, 0.1) is 12.7 Å². The lowest BCUT2D eigenvalue weighted by Gasteiger charge is -2.25. The zero-order valence-corrected chi connectivity index (χ0v) is 23.7. The fourth-order valence-corrected chi connectivity index (χ4v) is 6.18. The number of hydrogen-bond donors (Lipinski definition) is 2. The molecule has 0 fully saturated rings. The molecule has 0 radical (unpaired) electrons. The van der Waals surface area contributed by atoms with Crippen LogP contribution in [0.2, 0.25) is 0 Å². The zero-order chi connectivity index (χ0) is 28.2. The van der Waals surface area contributed by atoms with E-state index in [1.807, 2.05) is 56.0 Å². The van der Waals surface area contributed by atoms with E-state index in [4.69, 9.17) is 4.74 Å². The Kier molecular flexibility index (Phi) is 8.17. The van der Waals surface area contributed by atoms with Gasteiger partial charge in [0.1, 0.15) is 0 Å². The van der Waals surface area contributed by atoms with Gasteiger partial charge >= 0.3 is 5.97 Å². The van der Waals surface area contributed by atoms with Crippen molar-refractivity contribution in [2.24, 2.45) is 0 Å². The molecule has 5 aromatic rings. The maximum Gasteiger partial charge on any atom is 0.355 e. The largest absolute Gasteiger partial charge is 0.491 e. The molecule has 0 unspecified atom stereocenters. The molecule has 0 saturated carbocycles. The second-order valence-electron chi connectivity index (χ2n) is 9.27. The molecule has 12 heteroatoms. The first-order chi connectivity index (χ1) is 19.3. The van der Waals surface area contributed by atoms with Crippen LogP contribution >= 0.6 is 22.7 Å². The summed E-state index contributed by atoms with van der Waals surface area (Å²) in [7, 11) is 0. The Morgan fingerprint density at radius 1 is 1.10 bits per heavy atom. The molecule has 2 N–H and O–H groups in total. The van der Waals surface area contributed by atoms with Gasteiger partial charge in [-0.3, -0.25) is 4.90 Å². The Hall–Kier alpha value is -4.16. The molecule has 0 bridgehead atoms. The molecule has 0 aliphatic carbocycles. The number of aryl methyl sites for hydroxylation is 2. The van der Waals surface area contributed by atoms with E-state index in [9.17, 15) is 14.3 Å². The minimum absolute atomic E-state index is 0.00431. The number of thiazole rings is 2. The van der Waals surface area contributed by atoms with Crippen molar-refractivity contribution in [3.63, 3.8) is 0 Å². The summed E-state index contributed by atoms with van der Waals surface area (Å²) in [5, 5.41) is 23.2. The van der Waals surface area contributed by atoms with Crippen LogP contribution in [0.5, 0.6) is 5.75 Å². The molecule has 0 saturated heterocycles. The first kappa shape index (κ1) is 27.4. The second kappa shape index (κ2) is 11.9. The number of carboxylic acid groups (broad SMARTS) is 1. The highest BCUT2D eigenvalue weighted by Gasteiger charge is 2.25. The fraction of sp³-hybridized carbons (Fsp3) is 0.250. The number of fused-ring (bicyclic) bond motifs is 1. The van der Waals surface area contributed by atoms with Gasteiger partial charge in [-0.15, -0.1) is 21.5 Å². The quantitative estimate of drug-likeness (QED) is 0.160. The van der Waals surface area contributed by atoms with Crippen LogP contribution in [0.4, 0.5) is 26.3 Å². The Balaban J connectivity index is 1.33. The molecule has 9 nitrogen and oxygen atoms in total. The van der Waals surface area contributed by atoms with Crippen molar-refractivity contribution in [3.8, 4) is 5.75 Å². The molecular formula is C28H27FN6O3S2. The number of para-hydroxylation sites is 2. The number of nitrogens with one attached hydrogen (secondary N) is 1. The van der Waals surface area contributed by atoms with Crippen LogP contribution in [0.25, 0.3) is 10.2 Å². The predicted octanol–water partition coefficient (Wildman–Crippen LogP) is 6.99. The normalized spacial score (nSPS) is 11.2. The first-order valence-electron chi connectivity index (χ1n) is 12.7. The van der Waals surface area contributed by atoms with E-state index in [1.54, 1.807) is 18.2 Å². The van der Waals surface area contributed by atoms with Gasteiger partial charge in [-0.1, -0.05) is 35.6 Å². The molecule has 0 aliphatic heterocycles. The monoisotopic (exact) mass is 578 g/mol. The van der Waals surface area contributed by atoms with E-state index >= 15 is 0 Å². The van der Waals surface area contributed by atoms with Crippen LogP contribution in [-0.4, -0.2) is 43.9 Å². The van der Waals surface area contributed by atoms with Crippen molar-refractivity contribution in [3.05, 3.63) is 76.5 Å². The summed E-state index contributed by atoms with van der Waals surface area (Å²) >= 11 is 2.83. The van der Waals surface area contributed by atoms with Gasteiger partial charge in [0, 0.05) is 10.9 Å². The number of carbonyl (C=O) groups is 1. The van der Waals surface area contributed by atoms with Gasteiger partial charge in [0.2, 0.25) is 0 Å². The highest BCUT2D eigenvalue weighted by molar-refractivity contribution is 7.22. The molecule has 0 atom stereocenters. The minimum atomic E-state index is -1.10. The van der Waals surface area contributed by atoms with Crippen LogP contribution < -0.4 is 15.0 Å². The van der Waals surface area contributed by atoms with Crippen molar-refractivity contribution >= 4 is 60.8 Å². The van der Waals surface area contributed by atoms with Crippen molar-refractivity contribution in [2.75, 3.05) is 16.8 Å². The highest BCUT2D eigenvalue weighted by atomic mass is 32.1. The van der Waals surface area contributed by atoms with Gasteiger partial charge in [0.15, 0.2) is 39.2 Å². The standard InChI is InChI=1S/C28H27FN6O3S2/c1-16(2)35(23-15-17(3)25(34-33-23)32-27-30-19-10-5-7-12-21(19)39-27)28-31-24(26(36)37)22(40-28)13-8-14-38-20-11-6-4-9-18(20)29/h4-7,9-12,15-16H,8,13-14H2,1-3H3,(H,36,37)(H,30,32,34). The molecular weight excluding hydrogens is 551 g/mol. The zero-order valence-electron chi connectivity index (χ0n) is 22.1. The molecule has 206 valence electrons. The first-order valence-corrected chi connectivity index (χ1v) is 14.3. The van der Waals surface area contributed by atoms with E-state index in [1.165, 1.54) is 28.7 Å². The number of hydrogen-bond acceptors (Lipinski definition) is 10. The summed E-state index contributed by atoms with van der Waals surface area (Å²) in [6, 6.07) is 15.9. The molecule has 3 aromatic heterocycles. The molecule has 3 heterocycles. The van der Waals surface area contributed by atoms with Crippen LogP contribution in [0.1, 0.15) is 41.2 Å². The van der Waals surface area contributed by atoms with Gasteiger partial charge < -0.3 is 15.2 Å². The van der Waals surface area contributed by atoms with E-state index in [-0.39, 0.29) is 24.1 Å². The molecule has 5 rings (SSSR count). The average Bonchev–Trinajstić information content (AvgIpc) is 3.53. The van der Waals surface area contributed by atoms with E-state index in [0.29, 0.717) is 34.5 Å². The smallest absolute Gasteiger partial charge is 0.355 e. The third-order valence-electron chi connectivity index (χ3n) is 5.99. The number of halogens is 1. The van der Waals surface area contributed by atoms with Gasteiger partial charge in [-0.05, 0) is 69.5 Å². The number of rotatable bonds is 11. The molecule has 0 amide bonds. The number of aromatic carboxylic acids is 1. The number of carboxylic acids is 1. The van der Waals surface area contributed by atoms with Crippen LogP contribution in [-0.2, 0) is 6.42 Å². The van der Waals surface area contributed by atoms with E-state index in [0.717, 1.165) is 20.9 Å². The second-order valence-corrected chi connectivity index (χ2v) is 11.4. The van der Waals surface area contributed by atoms with E-state index < -0.39 is 11.8 Å². The molecule has 0 aliphatic rings. The van der Waals surface area contributed by atoms with Crippen LogP contribution in [0.15, 0.2) is 54.6 Å². The van der Waals surface area contributed by atoms with E-state index in [2.05, 4.69) is 25.5 Å². The highest BCUT2D eigenvalue weighted by Crippen LogP contribution is 2.35. The number of aromatic nitrogens is 4. The Labute approximate surface area is 238 Å². The minimum Gasteiger partial charge on any atom is -0.491 e. The predicted molar refractivity (Wildman–Crippen MR) is 156 cm³/mol. The van der Waals surface area contributed by atoms with Crippen molar-refractivity contribution in [1.29, 1.82) is 0 Å². The lowest BCUT2D eigenvalue weighted by atomic mass is 10.2. The Bertz CT molecular complexity index is 1620. The summed E-state index contributed by atoms with van der Waals surface area (Å²) in [4.78, 5) is 23.5. The molecule has 2 aromatic carbocycles. The summed E-state index contributed by atoms with van der Waals surface area (Å²) in [6.07, 6.45) is 0.929. The van der Waals surface area contributed by atoms with Gasteiger partial charge in [0.05, 0.1) is 16.8 Å². The summed E-state index contributed by atoms with van der Waals surface area (Å²) in [6.45, 7) is 6.13. The fourth-order valence-electron chi connectivity index (χ4n) is 4.08. The Morgan fingerprint density at radius 3 is 2.60 bits per heavy atom.